The summed E-state index contributed by atoms with van der Waals surface area (Å²) in [5.41, 5.74) is 5.35. The molecule has 7 N–H and O–H groups in total. The molecule has 1 aromatic carbocycles. The van der Waals surface area contributed by atoms with E-state index in [0.717, 1.165) is 10.9 Å². The van der Waals surface area contributed by atoms with Gasteiger partial charge in [0, 0.05) is 0 Å². The van der Waals surface area contributed by atoms with Crippen LogP contribution >= 0.6 is 38.8 Å². The number of hydrogen-bond donors (Lipinski definition) is 6. The van der Waals surface area contributed by atoms with E-state index >= 15 is 0 Å². The molecule has 7 rings (SSSR count). The van der Waals surface area contributed by atoms with Crippen molar-refractivity contribution in [2.75, 3.05) is 18.9 Å². The molecule has 20 nitrogen and oxygen atoms in total. The number of anilines is 1. The monoisotopic (exact) mass is 725 g/mol. The molecule has 0 aliphatic carbocycles. The van der Waals surface area contributed by atoms with Crippen LogP contribution in [0.1, 0.15) is 12.5 Å². The number of nitrogens with zero attached hydrogens (tertiary/aromatic N) is 5. The van der Waals surface area contributed by atoms with Crippen LogP contribution in [0.2, 0.25) is 10.0 Å². The second kappa shape index (κ2) is 11.6. The number of aliphatic hydroxyl groups excluding tert-OH is 2. The molecule has 3 fully saturated rings. The van der Waals surface area contributed by atoms with E-state index in [-0.39, 0.29) is 27.2 Å². The number of hydrogen-bond acceptors (Lipinski definition) is 15. The number of nitrogen functional groups attached to an aromatic ring is 1. The lowest BCUT2D eigenvalue weighted by molar-refractivity contribution is -0.0674. The first kappa shape index (κ1) is 32.0. The number of aromatic nitrogens is 6. The van der Waals surface area contributed by atoms with E-state index in [1.165, 1.54) is 23.0 Å². The summed E-state index contributed by atoms with van der Waals surface area (Å²) in [7, 11) is -10.2. The van der Waals surface area contributed by atoms with Gasteiger partial charge in [0.25, 0.3) is 5.56 Å². The molecular weight excluding hydrogens is 703 g/mol. The van der Waals surface area contributed by atoms with Crippen LogP contribution in [0.5, 0.6) is 0 Å². The number of aromatic amines is 1. The molecule has 46 heavy (non-hydrogen) atoms. The summed E-state index contributed by atoms with van der Waals surface area (Å²) in [6.45, 7) is -1.63. The zero-order valence-corrected chi connectivity index (χ0v) is 26.1. The quantitative estimate of drug-likeness (QED) is 0.154. The number of halogens is 2. The lowest BCUT2D eigenvalue weighted by Gasteiger charge is -2.26. The van der Waals surface area contributed by atoms with Crippen LogP contribution < -0.4 is 11.3 Å². The van der Waals surface area contributed by atoms with Crippen LogP contribution in [-0.2, 0) is 36.7 Å². The number of H-pyrrole nitrogens is 1. The number of nitrogens with two attached hydrogens (primary N) is 1. The molecule has 4 bridgehead atoms. The first-order chi connectivity index (χ1) is 21.7. The standard InChI is InChI=1S/C22H23Cl2N7O13P2/c23-7-1-9-10(2-8(7)24)30(5-26-9)20-16-14(32)11(41-20)3-39-46(37,38)44-17-15(33)12(4-40-45(35,36)43-16)42-21(17)31-6-27-13-18(31)28-22(25)29-19(13)34/h1-2,5-6,11-12,14-17,20-21,32-33H,3-4H2,(H,35,36)(H,37,38)(H3,25,28,29,34)/t11-,12-,14+,15?,16?,17+,20-,21-/m1/s1. The Hall–Kier alpha value is -2.52. The summed E-state index contributed by atoms with van der Waals surface area (Å²) in [4.78, 5) is 48.1. The highest BCUT2D eigenvalue weighted by molar-refractivity contribution is 7.47. The van der Waals surface area contributed by atoms with Gasteiger partial charge < -0.3 is 39.8 Å². The summed E-state index contributed by atoms with van der Waals surface area (Å²) in [5.74, 6) is -0.287. The van der Waals surface area contributed by atoms with E-state index in [2.05, 4.69) is 19.9 Å². The van der Waals surface area contributed by atoms with Crippen molar-refractivity contribution < 1.29 is 56.7 Å². The molecule has 24 heteroatoms. The van der Waals surface area contributed by atoms with Crippen LogP contribution in [0.4, 0.5) is 5.95 Å². The van der Waals surface area contributed by atoms with Gasteiger partial charge >= 0.3 is 15.6 Å². The van der Waals surface area contributed by atoms with E-state index in [1.807, 2.05) is 0 Å². The number of nitrogens with one attached hydrogen (secondary N) is 1. The van der Waals surface area contributed by atoms with Gasteiger partial charge in [0.15, 0.2) is 23.6 Å². The molecule has 0 amide bonds. The third-order valence-corrected chi connectivity index (χ3v) is 10.2. The second-order valence-corrected chi connectivity index (χ2v) is 14.1. The number of fused-ring (bicyclic) bond motifs is 6. The Kier molecular flexibility index (Phi) is 8.06. The molecule has 10 atom stereocenters. The maximum atomic E-state index is 13.2. The largest absolute Gasteiger partial charge is 0.472 e. The van der Waals surface area contributed by atoms with E-state index in [0.29, 0.717) is 11.0 Å². The van der Waals surface area contributed by atoms with Crippen molar-refractivity contribution in [1.29, 1.82) is 0 Å². The molecule has 4 aromatic rings. The van der Waals surface area contributed by atoms with Gasteiger partial charge in [0.1, 0.15) is 36.6 Å². The highest BCUT2D eigenvalue weighted by atomic mass is 35.5. The summed E-state index contributed by atoms with van der Waals surface area (Å²) in [5, 5.41) is 22.5. The number of rotatable bonds is 2. The van der Waals surface area contributed by atoms with Crippen LogP contribution in [0.3, 0.4) is 0 Å². The fourth-order valence-electron chi connectivity index (χ4n) is 5.45. The predicted molar refractivity (Wildman–Crippen MR) is 153 cm³/mol. The number of ether oxygens (including phenoxy) is 2. The Morgan fingerprint density at radius 1 is 0.891 bits per heavy atom. The first-order valence-electron chi connectivity index (χ1n) is 13.2. The number of aliphatic hydroxyl groups is 2. The van der Waals surface area contributed by atoms with Crippen molar-refractivity contribution in [1.82, 2.24) is 29.1 Å². The van der Waals surface area contributed by atoms with Crippen molar-refractivity contribution in [2.24, 2.45) is 0 Å². The molecule has 3 aromatic heterocycles. The van der Waals surface area contributed by atoms with Crippen molar-refractivity contribution in [3.05, 3.63) is 45.2 Å². The van der Waals surface area contributed by atoms with E-state index < -0.39 is 83.5 Å². The van der Waals surface area contributed by atoms with E-state index in [1.54, 1.807) is 0 Å². The van der Waals surface area contributed by atoms with Gasteiger partial charge in [-0.1, -0.05) is 23.2 Å². The number of phosphoric acid groups is 2. The molecule has 0 spiro atoms. The summed E-state index contributed by atoms with van der Waals surface area (Å²) >= 11 is 12.3. The molecule has 6 heterocycles. The predicted octanol–water partition coefficient (Wildman–Crippen LogP) is 0.593. The molecule has 3 saturated heterocycles. The van der Waals surface area contributed by atoms with Crippen molar-refractivity contribution in [3.8, 4) is 0 Å². The lowest BCUT2D eigenvalue weighted by Crippen LogP contribution is -2.38. The smallest absolute Gasteiger partial charge is 0.387 e. The van der Waals surface area contributed by atoms with Gasteiger partial charge in [-0.3, -0.25) is 32.4 Å². The van der Waals surface area contributed by atoms with E-state index in [4.69, 9.17) is 56.5 Å². The van der Waals surface area contributed by atoms with Gasteiger partial charge in [-0.05, 0) is 12.1 Å². The maximum Gasteiger partial charge on any atom is 0.472 e. The molecular formula is C22H23Cl2N7O13P2. The topological polar surface area (TPSA) is 278 Å². The lowest BCUT2D eigenvalue weighted by atomic mass is 10.1. The Balaban J connectivity index is 1.22. The van der Waals surface area contributed by atoms with Gasteiger partial charge in [0.05, 0.1) is 46.9 Å². The SMILES string of the molecule is Nc1nc2c(ncn2[C@@H]2O[C@@H]3COP(=O)(O)OC4[C@@H](O)[C@@H](COP(=O)(O)O[C@H]2C3O)O[C@H]4n2cnc3cc(Cl)c(Cl)cc32)c(=O)[nH]1. The highest BCUT2D eigenvalue weighted by Gasteiger charge is 2.53. The van der Waals surface area contributed by atoms with Crippen molar-refractivity contribution in [3.63, 3.8) is 0 Å². The number of imidazole rings is 2. The summed E-state index contributed by atoms with van der Waals surface area (Å²) < 4.78 is 61.5. The van der Waals surface area contributed by atoms with Crippen LogP contribution in [-0.4, -0.2) is 98.9 Å². The normalized spacial score (nSPS) is 37.2. The first-order valence-corrected chi connectivity index (χ1v) is 17.0. The fourth-order valence-corrected chi connectivity index (χ4v) is 7.63. The van der Waals surface area contributed by atoms with Gasteiger partial charge in [-0.25, -0.2) is 19.1 Å². The van der Waals surface area contributed by atoms with Gasteiger partial charge in [0.2, 0.25) is 5.95 Å². The minimum Gasteiger partial charge on any atom is -0.387 e. The molecule has 3 aliphatic rings. The average Bonchev–Trinajstić information content (AvgIpc) is 3.72. The van der Waals surface area contributed by atoms with Crippen LogP contribution in [0.15, 0.2) is 29.6 Å². The Morgan fingerprint density at radius 3 is 2.04 bits per heavy atom. The Morgan fingerprint density at radius 2 is 1.43 bits per heavy atom. The third kappa shape index (κ3) is 5.67. The average molecular weight is 726 g/mol. The molecule has 0 saturated carbocycles. The zero-order valence-electron chi connectivity index (χ0n) is 22.8. The fraction of sp³-hybridized carbons (Fsp3) is 0.455. The van der Waals surface area contributed by atoms with Crippen LogP contribution in [0, 0.1) is 0 Å². The number of benzene rings is 1. The highest BCUT2D eigenvalue weighted by Crippen LogP contribution is 2.53. The Labute approximate surface area is 265 Å². The van der Waals surface area contributed by atoms with Crippen molar-refractivity contribution >= 4 is 67.0 Å². The maximum absolute atomic E-state index is 13.2. The minimum atomic E-state index is -5.10. The second-order valence-electron chi connectivity index (χ2n) is 10.5. The number of phosphoric ester groups is 2. The zero-order chi connectivity index (χ0) is 32.7. The molecule has 0 radical (unpaired) electrons. The van der Waals surface area contributed by atoms with Crippen molar-refractivity contribution in [2.45, 2.75) is 49.1 Å². The molecule has 248 valence electrons. The van der Waals surface area contributed by atoms with E-state index in [9.17, 15) is 33.9 Å². The summed E-state index contributed by atoms with van der Waals surface area (Å²) in [6.07, 6.45) is -10.3. The molecule has 3 aliphatic heterocycles. The third-order valence-electron chi connectivity index (χ3n) is 7.56. The molecule has 4 unspecified atom stereocenters. The summed E-state index contributed by atoms with van der Waals surface area (Å²) in [6, 6.07) is 2.92. The van der Waals surface area contributed by atoms with Gasteiger partial charge in [-0.2, -0.15) is 4.98 Å². The minimum absolute atomic E-state index is 0.133. The van der Waals surface area contributed by atoms with Gasteiger partial charge in [-0.15, -0.1) is 0 Å². The Bertz CT molecular complexity index is 1990. The van der Waals surface area contributed by atoms with Crippen LogP contribution in [0.25, 0.3) is 22.2 Å².